The average Bonchev–Trinajstić information content (AvgIpc) is 2.49. The molecule has 3 N–H and O–H groups in total. The number of amides is 1. The Balaban J connectivity index is 2.63. The van der Waals surface area contributed by atoms with Gasteiger partial charge in [0.15, 0.2) is 5.96 Å². The molecule has 0 bridgehead atoms. The minimum atomic E-state index is -3.29. The Morgan fingerprint density at radius 2 is 1.78 bits per heavy atom. The number of nitrogens with one attached hydrogen (secondary N) is 3. The van der Waals surface area contributed by atoms with Crippen molar-refractivity contribution in [1.29, 1.82) is 0 Å². The Hall–Kier alpha value is -1.39. The molecule has 0 aromatic carbocycles. The maximum Gasteiger partial charge on any atom is 0.234 e. The van der Waals surface area contributed by atoms with Gasteiger partial charge in [0.05, 0.1) is 19.3 Å². The van der Waals surface area contributed by atoms with Crippen LogP contribution in [0.4, 0.5) is 0 Å². The summed E-state index contributed by atoms with van der Waals surface area (Å²) in [6.45, 7) is 14.1. The van der Waals surface area contributed by atoms with Crippen LogP contribution in [0.2, 0.25) is 0 Å². The third-order valence-electron chi connectivity index (χ3n) is 3.91. The van der Waals surface area contributed by atoms with E-state index < -0.39 is 15.6 Å². The number of sulfonamides is 1. The molecule has 0 spiro atoms. The van der Waals surface area contributed by atoms with E-state index in [4.69, 9.17) is 0 Å². The van der Waals surface area contributed by atoms with Crippen LogP contribution in [-0.2, 0) is 14.8 Å². The van der Waals surface area contributed by atoms with Crippen LogP contribution in [-0.4, -0.2) is 93.7 Å². The standard InChI is InChI=1S/C17H36N6O3S/c1-7-18-16(19-13-17(4,5)21-27(6,25)26)23-10-8-22(9-11-23)12-15(24)20-14(2)3/h14,21H,7-13H2,1-6H3,(H,18,19)(H,20,24). The van der Waals surface area contributed by atoms with Gasteiger partial charge < -0.3 is 15.5 Å². The molecule has 1 saturated heterocycles. The van der Waals surface area contributed by atoms with E-state index in [1.54, 1.807) is 0 Å². The van der Waals surface area contributed by atoms with Crippen molar-refractivity contribution in [2.75, 3.05) is 52.1 Å². The fraction of sp³-hybridized carbons (Fsp3) is 0.882. The first-order chi connectivity index (χ1) is 12.4. The summed E-state index contributed by atoms with van der Waals surface area (Å²) in [4.78, 5) is 20.8. The maximum absolute atomic E-state index is 11.9. The van der Waals surface area contributed by atoms with Crippen molar-refractivity contribution in [2.24, 2.45) is 4.99 Å². The second-order valence-corrected chi connectivity index (χ2v) is 9.66. The van der Waals surface area contributed by atoms with Crippen molar-refractivity contribution < 1.29 is 13.2 Å². The van der Waals surface area contributed by atoms with Gasteiger partial charge in [0.1, 0.15) is 0 Å². The summed E-state index contributed by atoms with van der Waals surface area (Å²) in [5.74, 6) is 0.819. The monoisotopic (exact) mass is 404 g/mol. The molecule has 158 valence electrons. The molecule has 0 unspecified atom stereocenters. The van der Waals surface area contributed by atoms with Gasteiger partial charge in [-0.2, -0.15) is 0 Å². The summed E-state index contributed by atoms with van der Waals surface area (Å²) < 4.78 is 25.6. The van der Waals surface area contributed by atoms with Gasteiger partial charge in [-0.25, -0.2) is 13.1 Å². The first-order valence-corrected chi connectivity index (χ1v) is 11.3. The van der Waals surface area contributed by atoms with Gasteiger partial charge in [-0.3, -0.25) is 14.7 Å². The van der Waals surface area contributed by atoms with E-state index in [1.807, 2.05) is 34.6 Å². The summed E-state index contributed by atoms with van der Waals surface area (Å²) in [6, 6.07) is 0.148. The highest BCUT2D eigenvalue weighted by molar-refractivity contribution is 7.88. The van der Waals surface area contributed by atoms with Gasteiger partial charge in [0, 0.05) is 44.3 Å². The lowest BCUT2D eigenvalue weighted by molar-refractivity contribution is -0.123. The first-order valence-electron chi connectivity index (χ1n) is 9.46. The van der Waals surface area contributed by atoms with Gasteiger partial charge >= 0.3 is 0 Å². The molecule has 1 amide bonds. The van der Waals surface area contributed by atoms with Crippen LogP contribution in [0.1, 0.15) is 34.6 Å². The summed E-state index contributed by atoms with van der Waals surface area (Å²) in [5, 5.41) is 6.18. The van der Waals surface area contributed by atoms with E-state index in [0.29, 0.717) is 13.1 Å². The number of rotatable bonds is 8. The molecule has 1 heterocycles. The highest BCUT2D eigenvalue weighted by Gasteiger charge is 2.24. The third kappa shape index (κ3) is 9.92. The van der Waals surface area contributed by atoms with Crippen molar-refractivity contribution in [1.82, 2.24) is 25.2 Å². The molecular formula is C17H36N6O3S. The van der Waals surface area contributed by atoms with Gasteiger partial charge in [0.2, 0.25) is 15.9 Å². The van der Waals surface area contributed by atoms with Crippen molar-refractivity contribution in [2.45, 2.75) is 46.2 Å². The zero-order valence-corrected chi connectivity index (χ0v) is 18.3. The lowest BCUT2D eigenvalue weighted by Crippen LogP contribution is -2.54. The lowest BCUT2D eigenvalue weighted by Gasteiger charge is -2.36. The van der Waals surface area contributed by atoms with Crippen molar-refractivity contribution in [3.8, 4) is 0 Å². The molecule has 1 fully saturated rings. The predicted molar refractivity (Wildman–Crippen MR) is 109 cm³/mol. The van der Waals surface area contributed by atoms with Gasteiger partial charge in [0.25, 0.3) is 0 Å². The van der Waals surface area contributed by atoms with Crippen molar-refractivity contribution >= 4 is 21.9 Å². The quantitative estimate of drug-likeness (QED) is 0.369. The zero-order valence-electron chi connectivity index (χ0n) is 17.5. The molecule has 0 radical (unpaired) electrons. The highest BCUT2D eigenvalue weighted by Crippen LogP contribution is 2.07. The number of guanidine groups is 1. The molecule has 0 aromatic rings. The Kier molecular flexibility index (Phi) is 8.97. The summed E-state index contributed by atoms with van der Waals surface area (Å²) in [6.07, 6.45) is 1.15. The number of nitrogens with zero attached hydrogens (tertiary/aromatic N) is 3. The fourth-order valence-corrected chi connectivity index (χ4v) is 3.99. The highest BCUT2D eigenvalue weighted by atomic mass is 32.2. The number of carbonyl (C=O) groups excluding carboxylic acids is 1. The van der Waals surface area contributed by atoms with Crippen LogP contribution in [0.15, 0.2) is 4.99 Å². The second kappa shape index (κ2) is 10.2. The van der Waals surface area contributed by atoms with E-state index in [9.17, 15) is 13.2 Å². The van der Waals surface area contributed by atoms with Crippen LogP contribution in [0.25, 0.3) is 0 Å². The Labute approximate surface area is 164 Å². The Morgan fingerprint density at radius 3 is 2.26 bits per heavy atom. The minimum absolute atomic E-state index is 0.0487. The molecule has 0 aliphatic carbocycles. The summed E-state index contributed by atoms with van der Waals surface area (Å²) in [5.41, 5.74) is -0.662. The van der Waals surface area contributed by atoms with Crippen LogP contribution < -0.4 is 15.4 Å². The predicted octanol–water partition coefficient (Wildman–Crippen LogP) is -0.578. The topological polar surface area (TPSA) is 106 Å². The minimum Gasteiger partial charge on any atom is -0.357 e. The molecule has 9 nitrogen and oxygen atoms in total. The molecule has 0 aromatic heterocycles. The van der Waals surface area contributed by atoms with E-state index in [0.717, 1.165) is 44.9 Å². The van der Waals surface area contributed by atoms with Crippen molar-refractivity contribution in [3.05, 3.63) is 0 Å². The smallest absolute Gasteiger partial charge is 0.234 e. The van der Waals surface area contributed by atoms with E-state index in [-0.39, 0.29) is 11.9 Å². The number of aliphatic imine (C=N–C) groups is 1. The number of hydrogen-bond donors (Lipinski definition) is 3. The first kappa shape index (κ1) is 23.6. The molecule has 1 rings (SSSR count). The average molecular weight is 405 g/mol. The molecule has 10 heteroatoms. The Morgan fingerprint density at radius 1 is 1.19 bits per heavy atom. The van der Waals surface area contributed by atoms with Crippen LogP contribution in [0, 0.1) is 0 Å². The Bertz CT molecular complexity index is 610. The fourth-order valence-electron chi connectivity index (χ4n) is 2.92. The summed E-state index contributed by atoms with van der Waals surface area (Å²) in [7, 11) is -3.29. The largest absolute Gasteiger partial charge is 0.357 e. The lowest BCUT2D eigenvalue weighted by atomic mass is 10.1. The second-order valence-electron chi connectivity index (χ2n) is 7.91. The van der Waals surface area contributed by atoms with E-state index >= 15 is 0 Å². The SMILES string of the molecule is CCNC(=NCC(C)(C)NS(C)(=O)=O)N1CCN(CC(=O)NC(C)C)CC1. The third-order valence-corrected chi connectivity index (χ3v) is 4.83. The number of piperazine rings is 1. The zero-order chi connectivity index (χ0) is 20.7. The van der Waals surface area contributed by atoms with Gasteiger partial charge in [-0.1, -0.05) is 0 Å². The maximum atomic E-state index is 11.9. The number of hydrogen-bond acceptors (Lipinski definition) is 5. The summed E-state index contributed by atoms with van der Waals surface area (Å²) >= 11 is 0. The molecule has 1 aliphatic heterocycles. The van der Waals surface area contributed by atoms with Crippen LogP contribution in [0.5, 0.6) is 0 Å². The molecular weight excluding hydrogens is 368 g/mol. The van der Waals surface area contributed by atoms with Crippen LogP contribution in [0.3, 0.4) is 0 Å². The van der Waals surface area contributed by atoms with Gasteiger partial charge in [-0.15, -0.1) is 0 Å². The molecule has 27 heavy (non-hydrogen) atoms. The van der Waals surface area contributed by atoms with Crippen molar-refractivity contribution in [3.63, 3.8) is 0 Å². The number of carbonyl (C=O) groups is 1. The molecule has 0 saturated carbocycles. The van der Waals surface area contributed by atoms with Gasteiger partial charge in [-0.05, 0) is 34.6 Å². The van der Waals surface area contributed by atoms with E-state index in [1.165, 1.54) is 0 Å². The van der Waals surface area contributed by atoms with E-state index in [2.05, 4.69) is 30.1 Å². The van der Waals surface area contributed by atoms with Crippen LogP contribution >= 0.6 is 0 Å². The molecule has 0 atom stereocenters. The normalized spacial score (nSPS) is 17.3. The molecule has 1 aliphatic rings.